The third-order valence-electron chi connectivity index (χ3n) is 4.79. The summed E-state index contributed by atoms with van der Waals surface area (Å²) >= 11 is 6.12. The number of aliphatic hydroxyl groups is 1. The SMILES string of the molecule is CCOc1cc(/C(O)=C2/C(=O)C(=O)N(CCOC)C2c2ccc(O)cc2)ccc1Cl. The molecule has 0 spiro atoms. The third-order valence-corrected chi connectivity index (χ3v) is 5.10. The molecule has 2 N–H and O–H groups in total. The molecule has 0 aromatic heterocycles. The van der Waals surface area contributed by atoms with Gasteiger partial charge in [0.05, 0.1) is 29.9 Å². The number of aliphatic hydroxyl groups excluding tert-OH is 1. The molecule has 158 valence electrons. The number of aromatic hydroxyl groups is 1. The average molecular weight is 432 g/mol. The maximum atomic E-state index is 12.9. The van der Waals surface area contributed by atoms with E-state index in [2.05, 4.69) is 0 Å². The van der Waals surface area contributed by atoms with Gasteiger partial charge in [-0.2, -0.15) is 0 Å². The first-order valence-corrected chi connectivity index (χ1v) is 9.75. The predicted octanol–water partition coefficient (Wildman–Crippen LogP) is 3.51. The first-order chi connectivity index (χ1) is 14.4. The molecular weight excluding hydrogens is 410 g/mol. The number of hydrogen-bond donors (Lipinski definition) is 2. The number of carbonyl (C=O) groups excluding carboxylic acids is 2. The fourth-order valence-electron chi connectivity index (χ4n) is 3.38. The van der Waals surface area contributed by atoms with Crippen molar-refractivity contribution in [3.63, 3.8) is 0 Å². The zero-order valence-electron chi connectivity index (χ0n) is 16.6. The summed E-state index contributed by atoms with van der Waals surface area (Å²) in [5.74, 6) is -1.45. The van der Waals surface area contributed by atoms with Crippen molar-refractivity contribution in [1.82, 2.24) is 4.90 Å². The molecular formula is C22H22ClNO6. The van der Waals surface area contributed by atoms with Gasteiger partial charge in [0.25, 0.3) is 11.7 Å². The summed E-state index contributed by atoms with van der Waals surface area (Å²) in [5, 5.41) is 21.0. The number of carbonyl (C=O) groups is 2. The summed E-state index contributed by atoms with van der Waals surface area (Å²) in [5.41, 5.74) is 0.826. The second-order valence-electron chi connectivity index (χ2n) is 6.66. The minimum absolute atomic E-state index is 0.0478. The summed E-state index contributed by atoms with van der Waals surface area (Å²) in [4.78, 5) is 26.9. The van der Waals surface area contributed by atoms with Crippen LogP contribution in [-0.2, 0) is 14.3 Å². The summed E-state index contributed by atoms with van der Waals surface area (Å²) in [6.45, 7) is 2.55. The van der Waals surface area contributed by atoms with Gasteiger partial charge >= 0.3 is 0 Å². The van der Waals surface area contributed by atoms with E-state index in [1.54, 1.807) is 31.2 Å². The summed E-state index contributed by atoms with van der Waals surface area (Å²) in [6, 6.07) is 9.93. The van der Waals surface area contributed by atoms with Gasteiger partial charge < -0.3 is 24.6 Å². The molecule has 8 heteroatoms. The quantitative estimate of drug-likeness (QED) is 0.395. The molecule has 0 radical (unpaired) electrons. The highest BCUT2D eigenvalue weighted by Gasteiger charge is 2.45. The van der Waals surface area contributed by atoms with E-state index in [0.717, 1.165) is 0 Å². The number of rotatable bonds is 7. The number of Topliss-reactive ketones (excluding diaryl/α,β-unsaturated/α-hetero) is 1. The number of halogens is 1. The third kappa shape index (κ3) is 4.13. The highest BCUT2D eigenvalue weighted by Crippen LogP contribution is 2.40. The van der Waals surface area contributed by atoms with Crippen LogP contribution in [0.1, 0.15) is 24.1 Å². The summed E-state index contributed by atoms with van der Waals surface area (Å²) < 4.78 is 10.5. The molecule has 1 aliphatic heterocycles. The lowest BCUT2D eigenvalue weighted by molar-refractivity contribution is -0.140. The van der Waals surface area contributed by atoms with Gasteiger partial charge in [-0.25, -0.2) is 0 Å². The van der Waals surface area contributed by atoms with E-state index in [9.17, 15) is 19.8 Å². The number of phenols is 1. The Morgan fingerprint density at radius 1 is 1.17 bits per heavy atom. The van der Waals surface area contributed by atoms with Crippen LogP contribution in [0, 0.1) is 0 Å². The van der Waals surface area contributed by atoms with Gasteiger partial charge in [0.2, 0.25) is 0 Å². The van der Waals surface area contributed by atoms with Crippen molar-refractivity contribution in [2.24, 2.45) is 0 Å². The van der Waals surface area contributed by atoms with Crippen molar-refractivity contribution in [2.45, 2.75) is 13.0 Å². The molecule has 1 heterocycles. The van der Waals surface area contributed by atoms with E-state index in [0.29, 0.717) is 28.5 Å². The van der Waals surface area contributed by atoms with Gasteiger partial charge in [0, 0.05) is 19.2 Å². The predicted molar refractivity (Wildman–Crippen MR) is 112 cm³/mol. The Bertz CT molecular complexity index is 986. The molecule has 0 aliphatic carbocycles. The van der Waals surface area contributed by atoms with Gasteiger partial charge in [0.15, 0.2) is 0 Å². The van der Waals surface area contributed by atoms with E-state index < -0.39 is 17.7 Å². The second-order valence-corrected chi connectivity index (χ2v) is 7.06. The first-order valence-electron chi connectivity index (χ1n) is 9.38. The Labute approximate surface area is 179 Å². The summed E-state index contributed by atoms with van der Waals surface area (Å²) in [6.07, 6.45) is 0. The van der Waals surface area contributed by atoms with Crippen LogP contribution in [-0.4, -0.2) is 53.7 Å². The second kappa shape index (κ2) is 9.19. The molecule has 3 rings (SSSR count). The molecule has 1 saturated heterocycles. The van der Waals surface area contributed by atoms with Gasteiger partial charge in [-0.3, -0.25) is 9.59 Å². The molecule has 2 aromatic rings. The van der Waals surface area contributed by atoms with E-state index in [-0.39, 0.29) is 30.2 Å². The van der Waals surface area contributed by atoms with Crippen molar-refractivity contribution in [2.75, 3.05) is 26.9 Å². The highest BCUT2D eigenvalue weighted by molar-refractivity contribution is 6.46. The van der Waals surface area contributed by atoms with Crippen LogP contribution in [0.15, 0.2) is 48.0 Å². The Morgan fingerprint density at radius 2 is 1.87 bits per heavy atom. The van der Waals surface area contributed by atoms with Crippen molar-refractivity contribution in [1.29, 1.82) is 0 Å². The Morgan fingerprint density at radius 3 is 2.50 bits per heavy atom. The van der Waals surface area contributed by atoms with Crippen LogP contribution < -0.4 is 4.74 Å². The van der Waals surface area contributed by atoms with Crippen molar-refractivity contribution >= 4 is 29.1 Å². The summed E-state index contributed by atoms with van der Waals surface area (Å²) in [7, 11) is 1.50. The monoisotopic (exact) mass is 431 g/mol. The molecule has 30 heavy (non-hydrogen) atoms. The molecule has 2 aromatic carbocycles. The largest absolute Gasteiger partial charge is 0.508 e. The minimum atomic E-state index is -0.827. The van der Waals surface area contributed by atoms with Crippen LogP contribution in [0.2, 0.25) is 5.02 Å². The lowest BCUT2D eigenvalue weighted by Gasteiger charge is -2.25. The van der Waals surface area contributed by atoms with Crippen molar-refractivity contribution < 1.29 is 29.3 Å². The van der Waals surface area contributed by atoms with Crippen molar-refractivity contribution in [3.05, 3.63) is 64.2 Å². The van der Waals surface area contributed by atoms with E-state index in [1.807, 2.05) is 0 Å². The molecule has 1 amide bonds. The van der Waals surface area contributed by atoms with E-state index in [1.165, 1.54) is 30.2 Å². The van der Waals surface area contributed by atoms with Gasteiger partial charge in [-0.05, 0) is 42.8 Å². The molecule has 0 saturated carbocycles. The lowest BCUT2D eigenvalue weighted by atomic mass is 9.95. The Balaban J connectivity index is 2.15. The maximum Gasteiger partial charge on any atom is 0.295 e. The smallest absolute Gasteiger partial charge is 0.295 e. The fraction of sp³-hybridized carbons (Fsp3) is 0.273. The van der Waals surface area contributed by atoms with Gasteiger partial charge in [-0.1, -0.05) is 23.7 Å². The zero-order valence-corrected chi connectivity index (χ0v) is 17.3. The van der Waals surface area contributed by atoms with Crippen LogP contribution in [0.4, 0.5) is 0 Å². The van der Waals surface area contributed by atoms with Crippen LogP contribution in [0.25, 0.3) is 5.76 Å². The van der Waals surface area contributed by atoms with Crippen LogP contribution >= 0.6 is 11.6 Å². The molecule has 1 fully saturated rings. The number of methoxy groups -OCH3 is 1. The molecule has 1 unspecified atom stereocenters. The van der Waals surface area contributed by atoms with Crippen molar-refractivity contribution in [3.8, 4) is 11.5 Å². The number of nitrogens with zero attached hydrogens (tertiary/aromatic N) is 1. The number of hydrogen-bond acceptors (Lipinski definition) is 6. The Hall–Kier alpha value is -3.03. The topological polar surface area (TPSA) is 96.3 Å². The first kappa shape index (κ1) is 21.7. The molecule has 0 bridgehead atoms. The van der Waals surface area contributed by atoms with Crippen LogP contribution in [0.5, 0.6) is 11.5 Å². The van der Waals surface area contributed by atoms with Gasteiger partial charge in [0.1, 0.15) is 17.3 Å². The standard InChI is InChI=1S/C22H22ClNO6/c1-3-30-17-12-14(6-9-16(17)23)20(26)18-19(13-4-7-15(25)8-5-13)24(10-11-29-2)22(28)21(18)27/h4-9,12,19,25-26H,3,10-11H2,1-2H3/b20-18-. The number of phenolic OH excluding ortho intramolecular Hbond substituents is 1. The van der Waals surface area contributed by atoms with Crippen LogP contribution in [0.3, 0.4) is 0 Å². The number of likely N-dealkylation sites (tertiary alicyclic amines) is 1. The number of ether oxygens (including phenoxy) is 2. The van der Waals surface area contributed by atoms with Gasteiger partial charge in [-0.15, -0.1) is 0 Å². The van der Waals surface area contributed by atoms with E-state index in [4.69, 9.17) is 21.1 Å². The maximum absolute atomic E-state index is 12.9. The number of amides is 1. The molecule has 1 aliphatic rings. The van der Waals surface area contributed by atoms with E-state index >= 15 is 0 Å². The fourth-order valence-corrected chi connectivity index (χ4v) is 3.55. The minimum Gasteiger partial charge on any atom is -0.508 e. The molecule has 1 atom stereocenters. The Kier molecular flexibility index (Phi) is 6.64. The zero-order chi connectivity index (χ0) is 21.8. The normalized spacial score (nSPS) is 18.1. The highest BCUT2D eigenvalue weighted by atomic mass is 35.5. The number of benzene rings is 2. The number of ketones is 1. The average Bonchev–Trinajstić information content (AvgIpc) is 2.98. The molecule has 7 nitrogen and oxygen atoms in total. The lowest BCUT2D eigenvalue weighted by Crippen LogP contribution is -2.32.